The Hall–Kier alpha value is -1.64. The first kappa shape index (κ1) is 14.3. The second-order valence-corrected chi connectivity index (χ2v) is 6.54. The van der Waals surface area contributed by atoms with Crippen LogP contribution in [0.15, 0.2) is 53.9 Å². The van der Waals surface area contributed by atoms with Crippen LogP contribution in [0.25, 0.3) is 10.1 Å². The van der Waals surface area contributed by atoms with E-state index in [1.165, 1.54) is 26.8 Å². The molecule has 0 radical (unpaired) electrons. The van der Waals surface area contributed by atoms with Crippen LogP contribution in [0.4, 0.5) is 0 Å². The Bertz CT molecular complexity index is 712. The lowest BCUT2D eigenvalue weighted by molar-refractivity contribution is 0.628. The molecule has 2 aromatic carbocycles. The molecule has 2 heteroatoms. The summed E-state index contributed by atoms with van der Waals surface area (Å²) in [5, 5.41) is 7.08. The molecule has 0 amide bonds. The summed E-state index contributed by atoms with van der Waals surface area (Å²) in [4.78, 5) is 0. The van der Waals surface area contributed by atoms with E-state index in [0.717, 1.165) is 13.0 Å². The summed E-state index contributed by atoms with van der Waals surface area (Å²) in [5.74, 6) is 0.522. The van der Waals surface area contributed by atoms with Crippen LogP contribution in [0.5, 0.6) is 0 Å². The minimum Gasteiger partial charge on any atom is -0.319 e. The number of hydrogen-bond donors (Lipinski definition) is 1. The van der Waals surface area contributed by atoms with E-state index in [2.05, 4.69) is 66.2 Å². The zero-order valence-corrected chi connectivity index (χ0v) is 13.4. The number of hydrogen-bond acceptors (Lipinski definition) is 2. The molecule has 1 unspecified atom stereocenters. The SMILES string of the molecule is CNCC(Cc1csc2ccccc12)c1ccc(C)cc1. The van der Waals surface area contributed by atoms with Gasteiger partial charge in [0.05, 0.1) is 0 Å². The monoisotopic (exact) mass is 295 g/mol. The van der Waals surface area contributed by atoms with Crippen LogP contribution in [0.2, 0.25) is 0 Å². The number of nitrogens with one attached hydrogen (secondary N) is 1. The Kier molecular flexibility index (Phi) is 4.37. The highest BCUT2D eigenvalue weighted by Crippen LogP contribution is 2.30. The second kappa shape index (κ2) is 6.42. The van der Waals surface area contributed by atoms with Crippen LogP contribution >= 0.6 is 11.3 Å². The van der Waals surface area contributed by atoms with Gasteiger partial charge in [-0.25, -0.2) is 0 Å². The van der Waals surface area contributed by atoms with Gasteiger partial charge in [-0.05, 0) is 48.4 Å². The molecule has 0 fully saturated rings. The summed E-state index contributed by atoms with van der Waals surface area (Å²) in [6.07, 6.45) is 1.09. The van der Waals surface area contributed by atoms with E-state index in [9.17, 15) is 0 Å². The van der Waals surface area contributed by atoms with E-state index in [1.54, 1.807) is 0 Å². The zero-order valence-electron chi connectivity index (χ0n) is 12.6. The summed E-state index contributed by atoms with van der Waals surface area (Å²) in [6, 6.07) is 17.7. The highest BCUT2D eigenvalue weighted by Gasteiger charge is 2.14. The minimum atomic E-state index is 0.522. The largest absolute Gasteiger partial charge is 0.319 e. The van der Waals surface area contributed by atoms with E-state index in [4.69, 9.17) is 0 Å². The van der Waals surface area contributed by atoms with Crippen molar-refractivity contribution in [1.29, 1.82) is 0 Å². The van der Waals surface area contributed by atoms with Crippen molar-refractivity contribution in [3.8, 4) is 0 Å². The normalized spacial score (nSPS) is 12.7. The summed E-state index contributed by atoms with van der Waals surface area (Å²) < 4.78 is 1.39. The topological polar surface area (TPSA) is 12.0 Å². The van der Waals surface area contributed by atoms with Gasteiger partial charge in [-0.2, -0.15) is 0 Å². The molecule has 21 heavy (non-hydrogen) atoms. The molecule has 1 aromatic heterocycles. The predicted molar refractivity (Wildman–Crippen MR) is 93.4 cm³/mol. The summed E-state index contributed by atoms with van der Waals surface area (Å²) in [5.41, 5.74) is 4.21. The first-order valence-electron chi connectivity index (χ1n) is 7.44. The van der Waals surface area contributed by atoms with Crippen molar-refractivity contribution in [2.75, 3.05) is 13.6 Å². The van der Waals surface area contributed by atoms with Gasteiger partial charge in [0.15, 0.2) is 0 Å². The van der Waals surface area contributed by atoms with Crippen molar-refractivity contribution in [2.45, 2.75) is 19.3 Å². The lowest BCUT2D eigenvalue weighted by Crippen LogP contribution is -2.19. The number of aryl methyl sites for hydroxylation is 1. The fourth-order valence-electron chi connectivity index (χ4n) is 2.85. The van der Waals surface area contributed by atoms with Gasteiger partial charge < -0.3 is 5.32 Å². The van der Waals surface area contributed by atoms with Gasteiger partial charge in [0, 0.05) is 17.2 Å². The van der Waals surface area contributed by atoms with Gasteiger partial charge in [0.2, 0.25) is 0 Å². The van der Waals surface area contributed by atoms with Gasteiger partial charge in [-0.3, -0.25) is 0 Å². The van der Waals surface area contributed by atoms with E-state index >= 15 is 0 Å². The van der Waals surface area contributed by atoms with Gasteiger partial charge in [-0.1, -0.05) is 48.0 Å². The Morgan fingerprint density at radius 1 is 1.05 bits per heavy atom. The van der Waals surface area contributed by atoms with Crippen LogP contribution in [-0.4, -0.2) is 13.6 Å². The zero-order chi connectivity index (χ0) is 14.7. The highest BCUT2D eigenvalue weighted by atomic mass is 32.1. The van der Waals surface area contributed by atoms with Crippen LogP contribution in [0, 0.1) is 6.92 Å². The molecule has 0 bridgehead atoms. The van der Waals surface area contributed by atoms with Crippen molar-refractivity contribution >= 4 is 21.4 Å². The molecule has 0 saturated heterocycles. The Morgan fingerprint density at radius 2 is 1.81 bits per heavy atom. The molecule has 108 valence electrons. The second-order valence-electron chi connectivity index (χ2n) is 5.63. The minimum absolute atomic E-state index is 0.522. The molecule has 1 nitrogen and oxygen atoms in total. The van der Waals surface area contributed by atoms with Gasteiger partial charge in [0.1, 0.15) is 0 Å². The standard InChI is InChI=1S/C19H21NS/c1-14-7-9-15(10-8-14)16(12-20-2)11-17-13-21-19-6-4-3-5-18(17)19/h3-10,13,16,20H,11-12H2,1-2H3. The molecule has 1 atom stereocenters. The van der Waals surface area contributed by atoms with Crippen molar-refractivity contribution < 1.29 is 0 Å². The molecule has 0 aliphatic carbocycles. The Labute approximate surface area is 130 Å². The van der Waals surface area contributed by atoms with E-state index in [0.29, 0.717) is 5.92 Å². The van der Waals surface area contributed by atoms with Crippen LogP contribution in [-0.2, 0) is 6.42 Å². The lowest BCUT2D eigenvalue weighted by Gasteiger charge is -2.17. The number of benzene rings is 2. The third-order valence-corrected chi connectivity index (χ3v) is 5.04. The molecule has 0 aliphatic rings. The van der Waals surface area contributed by atoms with Crippen LogP contribution in [0.3, 0.4) is 0 Å². The number of likely N-dealkylation sites (N-methyl/N-ethyl adjacent to an activating group) is 1. The maximum Gasteiger partial charge on any atom is 0.0345 e. The Balaban J connectivity index is 1.89. The smallest absolute Gasteiger partial charge is 0.0345 e. The molecule has 1 N–H and O–H groups in total. The van der Waals surface area contributed by atoms with Gasteiger partial charge >= 0.3 is 0 Å². The third kappa shape index (κ3) is 3.17. The third-order valence-electron chi connectivity index (χ3n) is 4.03. The number of fused-ring (bicyclic) bond motifs is 1. The van der Waals surface area contributed by atoms with E-state index < -0.39 is 0 Å². The van der Waals surface area contributed by atoms with Crippen molar-refractivity contribution in [3.05, 3.63) is 70.6 Å². The quantitative estimate of drug-likeness (QED) is 0.716. The van der Waals surface area contributed by atoms with Crippen molar-refractivity contribution in [3.63, 3.8) is 0 Å². The maximum atomic E-state index is 3.34. The molecular formula is C19H21NS. The van der Waals surface area contributed by atoms with E-state index in [-0.39, 0.29) is 0 Å². The van der Waals surface area contributed by atoms with Gasteiger partial charge in [-0.15, -0.1) is 11.3 Å². The summed E-state index contributed by atoms with van der Waals surface area (Å²) in [6.45, 7) is 3.15. The molecule has 1 heterocycles. The molecule has 0 saturated carbocycles. The lowest BCUT2D eigenvalue weighted by atomic mass is 9.91. The molecule has 3 aromatic rings. The maximum absolute atomic E-state index is 3.34. The molecule has 0 aliphatic heterocycles. The highest BCUT2D eigenvalue weighted by molar-refractivity contribution is 7.17. The van der Waals surface area contributed by atoms with Crippen LogP contribution in [0.1, 0.15) is 22.6 Å². The van der Waals surface area contributed by atoms with Gasteiger partial charge in [0.25, 0.3) is 0 Å². The van der Waals surface area contributed by atoms with Crippen molar-refractivity contribution in [2.24, 2.45) is 0 Å². The predicted octanol–water partition coefficient (Wildman–Crippen LogP) is 4.76. The molecule has 3 rings (SSSR count). The molecular weight excluding hydrogens is 274 g/mol. The Morgan fingerprint density at radius 3 is 2.57 bits per heavy atom. The fourth-order valence-corrected chi connectivity index (χ4v) is 3.82. The average molecular weight is 295 g/mol. The fraction of sp³-hybridized carbons (Fsp3) is 0.263. The van der Waals surface area contributed by atoms with Crippen LogP contribution < -0.4 is 5.32 Å². The first-order chi connectivity index (χ1) is 10.3. The summed E-state index contributed by atoms with van der Waals surface area (Å²) in [7, 11) is 2.03. The number of rotatable bonds is 5. The first-order valence-corrected chi connectivity index (χ1v) is 8.32. The number of thiophene rings is 1. The average Bonchev–Trinajstić information content (AvgIpc) is 2.91. The van der Waals surface area contributed by atoms with E-state index in [1.807, 2.05) is 18.4 Å². The summed E-state index contributed by atoms with van der Waals surface area (Å²) >= 11 is 1.85. The van der Waals surface area contributed by atoms with Crippen molar-refractivity contribution in [1.82, 2.24) is 5.32 Å². The molecule has 0 spiro atoms.